The van der Waals surface area contributed by atoms with Crippen LogP contribution in [0.15, 0.2) is 15.7 Å². The Balaban J connectivity index is 1.94. The van der Waals surface area contributed by atoms with E-state index in [9.17, 15) is 14.0 Å². The summed E-state index contributed by atoms with van der Waals surface area (Å²) in [6.07, 6.45) is 3.60. The van der Waals surface area contributed by atoms with Crippen molar-refractivity contribution in [1.82, 2.24) is 9.24 Å². The molecule has 1 aromatic heterocycles. The third-order valence-corrected chi connectivity index (χ3v) is 5.65. The topological polar surface area (TPSA) is 99.3 Å². The van der Waals surface area contributed by atoms with Crippen LogP contribution < -0.4 is 27.7 Å². The Kier molecular flexibility index (Phi) is 4.02. The fourth-order valence-electron chi connectivity index (χ4n) is 4.23. The van der Waals surface area contributed by atoms with E-state index < -0.39 is 17.1 Å². The number of hydrogen-bond acceptors (Lipinski definition) is 5. The number of aromatic nitrogens is 2. The van der Waals surface area contributed by atoms with Crippen LogP contribution in [0.1, 0.15) is 37.3 Å². The van der Waals surface area contributed by atoms with E-state index in [-0.39, 0.29) is 11.4 Å². The number of anilines is 1. The molecule has 1 saturated carbocycles. The van der Waals surface area contributed by atoms with Gasteiger partial charge in [0, 0.05) is 24.7 Å². The zero-order chi connectivity index (χ0) is 18.6. The second-order valence-electron chi connectivity index (χ2n) is 7.47. The molecule has 2 fully saturated rings. The van der Waals surface area contributed by atoms with Crippen molar-refractivity contribution in [2.75, 3.05) is 30.4 Å². The molecule has 2 heterocycles. The molecule has 0 spiro atoms. The molecule has 8 heteroatoms. The van der Waals surface area contributed by atoms with Crippen molar-refractivity contribution in [2.45, 2.75) is 38.6 Å². The molecule has 1 aliphatic heterocycles. The molecule has 1 aromatic carbocycles. The van der Waals surface area contributed by atoms with Crippen molar-refractivity contribution >= 4 is 16.6 Å². The summed E-state index contributed by atoms with van der Waals surface area (Å²) < 4.78 is 17.1. The fourth-order valence-corrected chi connectivity index (χ4v) is 4.23. The molecule has 140 valence electrons. The normalized spacial score (nSPS) is 20.3. The van der Waals surface area contributed by atoms with Crippen molar-refractivity contribution in [2.24, 2.45) is 11.7 Å². The monoisotopic (exact) mass is 361 g/mol. The highest BCUT2D eigenvalue weighted by Gasteiger charge is 2.32. The Morgan fingerprint density at radius 3 is 2.65 bits per heavy atom. The summed E-state index contributed by atoms with van der Waals surface area (Å²) in [6, 6.07) is 1.26. The summed E-state index contributed by atoms with van der Waals surface area (Å²) in [5.41, 5.74) is 6.10. The minimum absolute atomic E-state index is 0.0287. The highest BCUT2D eigenvalue weighted by atomic mass is 19.1. The first-order valence-electron chi connectivity index (χ1n) is 9.14. The summed E-state index contributed by atoms with van der Waals surface area (Å²) in [5, 5.41) is 0.162. The van der Waals surface area contributed by atoms with E-state index >= 15 is 0 Å². The van der Waals surface area contributed by atoms with Crippen LogP contribution in [0.4, 0.5) is 10.1 Å². The number of hydrogen-bond donors (Lipinski definition) is 2. The maximum atomic E-state index is 15.0. The number of nitrogens with zero attached hydrogens (tertiary/aromatic N) is 3. The van der Waals surface area contributed by atoms with Gasteiger partial charge in [-0.3, -0.25) is 9.36 Å². The Morgan fingerprint density at radius 2 is 2.00 bits per heavy atom. The van der Waals surface area contributed by atoms with Gasteiger partial charge in [-0.05, 0) is 51.1 Å². The van der Waals surface area contributed by atoms with Crippen LogP contribution >= 0.6 is 0 Å². The van der Waals surface area contributed by atoms with Gasteiger partial charge in [0.25, 0.3) is 5.56 Å². The number of benzene rings is 1. The van der Waals surface area contributed by atoms with Crippen molar-refractivity contribution in [3.63, 3.8) is 0 Å². The lowest BCUT2D eigenvalue weighted by Crippen LogP contribution is -2.44. The maximum Gasteiger partial charge on any atom is 0.350 e. The van der Waals surface area contributed by atoms with Crippen LogP contribution in [0.25, 0.3) is 10.9 Å². The van der Waals surface area contributed by atoms with E-state index in [0.717, 1.165) is 38.8 Å². The molecule has 0 radical (unpaired) electrons. The Morgan fingerprint density at radius 1 is 1.27 bits per heavy atom. The summed E-state index contributed by atoms with van der Waals surface area (Å²) >= 11 is 0. The second kappa shape index (κ2) is 6.12. The molecule has 4 N–H and O–H groups in total. The largest absolute Gasteiger partial charge is 0.369 e. The smallest absolute Gasteiger partial charge is 0.350 e. The molecule has 2 aromatic rings. The molecule has 0 bridgehead atoms. The first kappa shape index (κ1) is 17.1. The van der Waals surface area contributed by atoms with Gasteiger partial charge in [-0.25, -0.2) is 9.18 Å². The average Bonchev–Trinajstić information content (AvgIpc) is 3.34. The molecule has 4 rings (SSSR count). The summed E-state index contributed by atoms with van der Waals surface area (Å²) in [5.74, 6) is 5.65. The maximum absolute atomic E-state index is 15.0. The number of nitrogen functional groups attached to an aromatic ring is 1. The minimum Gasteiger partial charge on any atom is -0.369 e. The quantitative estimate of drug-likeness (QED) is 0.786. The van der Waals surface area contributed by atoms with E-state index in [1.165, 1.54) is 6.07 Å². The third kappa shape index (κ3) is 2.51. The average molecular weight is 361 g/mol. The first-order valence-corrected chi connectivity index (χ1v) is 9.14. The lowest BCUT2D eigenvalue weighted by atomic mass is 10.1. The summed E-state index contributed by atoms with van der Waals surface area (Å²) in [4.78, 5) is 27.0. The predicted molar refractivity (Wildman–Crippen MR) is 99.6 cm³/mol. The van der Waals surface area contributed by atoms with Gasteiger partial charge in [-0.1, -0.05) is 0 Å². The number of halogens is 1. The third-order valence-electron chi connectivity index (χ3n) is 5.65. The SMILES string of the molecule is Cc1c(N2CCC(CCN)C2)c(F)cc2c(=O)n(N)c(=O)n(C3CC3)c12. The zero-order valence-corrected chi connectivity index (χ0v) is 14.9. The number of rotatable bonds is 4. The van der Waals surface area contributed by atoms with Crippen LogP contribution in [-0.4, -0.2) is 28.9 Å². The lowest BCUT2D eigenvalue weighted by molar-refractivity contribution is 0.545. The van der Waals surface area contributed by atoms with Gasteiger partial charge in [0.2, 0.25) is 0 Å². The minimum atomic E-state index is -0.655. The lowest BCUT2D eigenvalue weighted by Gasteiger charge is -2.24. The summed E-state index contributed by atoms with van der Waals surface area (Å²) in [7, 11) is 0. The standard InChI is InChI=1S/C18H24FN5O2/c1-10-15-13(17(25)24(21)18(26)23(15)12-2-3-12)8-14(19)16(10)22-7-5-11(9-22)4-6-20/h8,11-12H,2-7,9,20-21H2,1H3. The molecule has 1 unspecified atom stereocenters. The van der Waals surface area contributed by atoms with E-state index in [0.29, 0.717) is 33.9 Å². The zero-order valence-electron chi connectivity index (χ0n) is 14.9. The van der Waals surface area contributed by atoms with Gasteiger partial charge in [0.15, 0.2) is 0 Å². The van der Waals surface area contributed by atoms with E-state index in [1.54, 1.807) is 11.5 Å². The number of fused-ring (bicyclic) bond motifs is 1. The Bertz CT molecular complexity index is 992. The van der Waals surface area contributed by atoms with Gasteiger partial charge in [-0.2, -0.15) is 4.68 Å². The Hall–Kier alpha value is -2.35. The molecule has 7 nitrogen and oxygen atoms in total. The van der Waals surface area contributed by atoms with Gasteiger partial charge in [-0.15, -0.1) is 0 Å². The van der Waals surface area contributed by atoms with Crippen LogP contribution in [-0.2, 0) is 0 Å². The van der Waals surface area contributed by atoms with Gasteiger partial charge in [0.1, 0.15) is 5.82 Å². The number of aryl methyl sites for hydroxylation is 1. The molecule has 1 saturated heterocycles. The van der Waals surface area contributed by atoms with Crippen LogP contribution in [0.5, 0.6) is 0 Å². The highest BCUT2D eigenvalue weighted by molar-refractivity contribution is 5.87. The molecule has 26 heavy (non-hydrogen) atoms. The van der Waals surface area contributed by atoms with Gasteiger partial charge >= 0.3 is 5.69 Å². The molecule has 0 amide bonds. The first-order chi connectivity index (χ1) is 12.4. The van der Waals surface area contributed by atoms with E-state index in [1.807, 2.05) is 4.90 Å². The fraction of sp³-hybridized carbons (Fsp3) is 0.556. The molecular formula is C18H24FN5O2. The van der Waals surface area contributed by atoms with Crippen LogP contribution in [0.2, 0.25) is 0 Å². The molecule has 1 atom stereocenters. The van der Waals surface area contributed by atoms with Gasteiger partial charge in [0.05, 0.1) is 16.6 Å². The van der Waals surface area contributed by atoms with Crippen molar-refractivity contribution in [1.29, 1.82) is 0 Å². The van der Waals surface area contributed by atoms with Gasteiger partial charge < -0.3 is 16.5 Å². The van der Waals surface area contributed by atoms with Crippen molar-refractivity contribution in [3.8, 4) is 0 Å². The van der Waals surface area contributed by atoms with E-state index in [2.05, 4.69) is 0 Å². The van der Waals surface area contributed by atoms with E-state index in [4.69, 9.17) is 11.6 Å². The predicted octanol–water partition coefficient (Wildman–Crippen LogP) is 0.835. The molecular weight excluding hydrogens is 337 g/mol. The Labute approximate surface area is 150 Å². The molecule has 1 aliphatic carbocycles. The molecule has 2 aliphatic rings. The van der Waals surface area contributed by atoms with Crippen LogP contribution in [0.3, 0.4) is 0 Å². The van der Waals surface area contributed by atoms with Crippen molar-refractivity contribution < 1.29 is 4.39 Å². The second-order valence-corrected chi connectivity index (χ2v) is 7.47. The summed E-state index contributed by atoms with van der Waals surface area (Å²) in [6.45, 7) is 3.89. The highest BCUT2D eigenvalue weighted by Crippen LogP contribution is 2.39. The van der Waals surface area contributed by atoms with Crippen LogP contribution in [0, 0.1) is 18.7 Å². The van der Waals surface area contributed by atoms with Crippen molar-refractivity contribution in [3.05, 3.63) is 38.3 Å². The number of nitrogens with two attached hydrogens (primary N) is 2.